The van der Waals surface area contributed by atoms with Gasteiger partial charge in [0.15, 0.2) is 11.5 Å². The summed E-state index contributed by atoms with van der Waals surface area (Å²) in [6.45, 7) is 7.96. The highest BCUT2D eigenvalue weighted by Crippen LogP contribution is 2.65. The highest BCUT2D eigenvalue weighted by Gasteiger charge is 2.66. The van der Waals surface area contributed by atoms with E-state index in [2.05, 4.69) is 0 Å². The SMILES string of the molecule is CC1(C)C2CCC1(CS(=O)(=O)Oc1cccc3/c1=c1/c(OS(=O)(=O)CC45CCC(CC4=O)C5(C)C)ccc/c1=c1\cccc\c1=c1/cccc/c1=3)C(=O)C2. The van der Waals surface area contributed by atoms with Crippen LogP contribution in [0, 0.1) is 75.2 Å². The molecule has 8 nitrogen and oxygen atoms in total. The van der Waals surface area contributed by atoms with E-state index in [1.807, 2.05) is 88.4 Å². The van der Waals surface area contributed by atoms with Gasteiger partial charge in [-0.05, 0) is 91.8 Å². The van der Waals surface area contributed by atoms with Gasteiger partial charge in [-0.2, -0.15) is 16.8 Å². The van der Waals surface area contributed by atoms with Crippen LogP contribution in [0.3, 0.4) is 0 Å². The lowest BCUT2D eigenvalue weighted by Crippen LogP contribution is -2.43. The van der Waals surface area contributed by atoms with Gasteiger partial charge in [0.2, 0.25) is 0 Å². The third kappa shape index (κ3) is 4.91. The van der Waals surface area contributed by atoms with E-state index >= 15 is 0 Å². The Kier molecular flexibility index (Phi) is 7.62. The lowest BCUT2D eigenvalue weighted by molar-refractivity contribution is -0.128. The van der Waals surface area contributed by atoms with Crippen LogP contribution >= 0.6 is 0 Å². The van der Waals surface area contributed by atoms with Crippen molar-refractivity contribution in [1.29, 1.82) is 0 Å². The van der Waals surface area contributed by atoms with E-state index in [9.17, 15) is 26.4 Å². The molecular weight excluding hydrogens is 721 g/mol. The van der Waals surface area contributed by atoms with Crippen LogP contribution < -0.4 is 8.37 Å². The molecule has 0 aliphatic heterocycles. The molecule has 5 aliphatic carbocycles. The maximum Gasteiger partial charge on any atom is 0.310 e. The molecule has 0 heterocycles. The van der Waals surface area contributed by atoms with Crippen LogP contribution in [0.15, 0.2) is 84.9 Å². The molecule has 280 valence electrons. The van der Waals surface area contributed by atoms with E-state index in [0.717, 1.165) is 33.7 Å². The maximum absolute atomic E-state index is 14.3. The Bertz CT molecular complexity index is 2760. The van der Waals surface area contributed by atoms with Gasteiger partial charge in [0.05, 0.1) is 22.3 Å². The van der Waals surface area contributed by atoms with E-state index in [1.165, 1.54) is 0 Å². The third-order valence-corrected chi connectivity index (χ3v) is 17.1. The van der Waals surface area contributed by atoms with Gasteiger partial charge < -0.3 is 8.37 Å². The lowest BCUT2D eigenvalue weighted by atomic mass is 9.70. The van der Waals surface area contributed by atoms with E-state index in [0.29, 0.717) is 46.6 Å². The van der Waals surface area contributed by atoms with E-state index < -0.39 is 53.4 Å². The Balaban J connectivity index is 1.33. The number of carbonyl (C=O) groups is 2. The summed E-state index contributed by atoms with van der Waals surface area (Å²) in [5.41, 5.74) is -3.08. The number of Topliss-reactive ketones (excluding diaryl/α,β-unsaturated/α-hetero) is 2. The predicted molar refractivity (Wildman–Crippen MR) is 202 cm³/mol. The van der Waals surface area contributed by atoms with Crippen LogP contribution in [0.25, 0.3) is 0 Å². The highest BCUT2D eigenvalue weighted by molar-refractivity contribution is 7.87. The fourth-order valence-electron chi connectivity index (χ4n) is 11.2. The summed E-state index contributed by atoms with van der Waals surface area (Å²) < 4.78 is 69.5. The fourth-order valence-corrected chi connectivity index (χ4v) is 14.7. The Morgan fingerprint density at radius 1 is 0.519 bits per heavy atom. The van der Waals surface area contributed by atoms with Gasteiger partial charge in [-0.25, -0.2) is 0 Å². The van der Waals surface area contributed by atoms with Crippen LogP contribution in [-0.2, 0) is 29.8 Å². The molecule has 4 atom stereocenters. The molecule has 0 radical (unpaired) electrons. The fraction of sp³-hybridized carbons (Fsp3) is 0.409. The van der Waals surface area contributed by atoms with Crippen LogP contribution in [0.1, 0.15) is 66.2 Å². The van der Waals surface area contributed by atoms with Crippen molar-refractivity contribution in [2.45, 2.75) is 66.2 Å². The topological polar surface area (TPSA) is 121 Å². The van der Waals surface area contributed by atoms with Crippen molar-refractivity contribution in [3.05, 3.63) is 127 Å². The molecule has 0 N–H and O–H groups in total. The average molecular weight is 765 g/mol. The van der Waals surface area contributed by atoms with E-state index in [-0.39, 0.29) is 34.9 Å². The second-order valence-corrected chi connectivity index (χ2v) is 20.5. The molecule has 4 fully saturated rings. The summed E-state index contributed by atoms with van der Waals surface area (Å²) in [5, 5.41) is 5.38. The molecule has 0 saturated heterocycles. The third-order valence-electron chi connectivity index (χ3n) is 14.6. The van der Waals surface area contributed by atoms with E-state index in [4.69, 9.17) is 8.37 Å². The summed E-state index contributed by atoms with van der Waals surface area (Å²) in [4.78, 5) is 26.9. The first-order chi connectivity index (χ1) is 25.5. The number of hydrogen-bond acceptors (Lipinski definition) is 8. The second-order valence-electron chi connectivity index (χ2n) is 17.4. The Labute approximate surface area is 314 Å². The zero-order valence-electron chi connectivity index (χ0n) is 31.0. The highest BCUT2D eigenvalue weighted by atomic mass is 32.2. The number of hydrogen-bond donors (Lipinski definition) is 0. The quantitative estimate of drug-likeness (QED) is 0.151. The molecule has 0 amide bonds. The number of ketones is 2. The molecule has 4 bridgehead atoms. The van der Waals surface area contributed by atoms with Gasteiger partial charge in [0.25, 0.3) is 0 Å². The summed E-state index contributed by atoms with van der Waals surface area (Å²) >= 11 is 0. The van der Waals surface area contributed by atoms with Crippen LogP contribution in [-0.4, -0.2) is 39.9 Å². The second kappa shape index (κ2) is 11.6. The molecule has 4 aromatic carbocycles. The van der Waals surface area contributed by atoms with Crippen molar-refractivity contribution >= 4 is 31.8 Å². The molecule has 5 aliphatic rings. The summed E-state index contributed by atoms with van der Waals surface area (Å²) in [5.74, 6) is -0.690. The van der Waals surface area contributed by atoms with Crippen molar-refractivity contribution in [2.75, 3.05) is 11.5 Å². The molecule has 0 aromatic heterocycles. The first-order valence-corrected chi connectivity index (χ1v) is 22.0. The summed E-state index contributed by atoms with van der Waals surface area (Å²) in [7, 11) is -8.74. The van der Waals surface area contributed by atoms with Gasteiger partial charge in [-0.1, -0.05) is 100 Å². The predicted octanol–water partition coefficient (Wildman–Crippen LogP) is 7.36. The van der Waals surface area contributed by atoms with Crippen molar-refractivity contribution in [3.63, 3.8) is 0 Å². The van der Waals surface area contributed by atoms with Gasteiger partial charge >= 0.3 is 20.2 Å². The Morgan fingerprint density at radius 2 is 0.852 bits per heavy atom. The van der Waals surface area contributed by atoms with Crippen molar-refractivity contribution in [1.82, 2.24) is 0 Å². The monoisotopic (exact) mass is 764 g/mol. The first-order valence-electron chi connectivity index (χ1n) is 18.9. The maximum atomic E-state index is 14.3. The summed E-state index contributed by atoms with van der Waals surface area (Å²) in [6, 6.07) is 26.0. The minimum absolute atomic E-state index is 0.00918. The smallest absolute Gasteiger partial charge is 0.310 e. The average Bonchev–Trinajstić information content (AvgIpc) is 3.64. The normalized spacial score (nSPS) is 29.7. The largest absolute Gasteiger partial charge is 0.382 e. The van der Waals surface area contributed by atoms with Gasteiger partial charge in [-0.3, -0.25) is 9.59 Å². The molecule has 9 rings (SSSR count). The minimum atomic E-state index is -4.37. The zero-order valence-corrected chi connectivity index (χ0v) is 32.6. The number of carbonyl (C=O) groups excluding carboxylic acids is 2. The standard InChI is InChI=1S/C44H44O8S2/c1-41(2)27-19-21-43(41,37(45)23-27)25-53(47,48)51-35-17-9-15-33-31-13-7-5-11-29(31)30-12-6-8-14-32(30)34-16-10-18-36(40(34)39(33)35)52-54(49,50)26-44-22-20-28(24-38(44)46)42(44,3)4/h5-18,27-28H,19-26H2,1-4H3/b30-29-,33-31-,34-32-,40-39-. The zero-order chi connectivity index (χ0) is 38.1. The van der Waals surface area contributed by atoms with Crippen LogP contribution in [0.2, 0.25) is 0 Å². The number of benzene rings is 4. The Morgan fingerprint density at radius 3 is 1.17 bits per heavy atom. The van der Waals surface area contributed by atoms with Crippen LogP contribution in [0.4, 0.5) is 0 Å². The molecular formula is C44H44O8S2. The molecule has 10 heteroatoms. The van der Waals surface area contributed by atoms with E-state index in [1.54, 1.807) is 24.3 Å². The molecule has 0 spiro atoms. The first kappa shape index (κ1) is 35.4. The Hall–Kier alpha value is -4.28. The minimum Gasteiger partial charge on any atom is -0.382 e. The molecule has 4 unspecified atom stereocenters. The van der Waals surface area contributed by atoms with Crippen molar-refractivity contribution in [3.8, 4) is 11.5 Å². The van der Waals surface area contributed by atoms with Crippen molar-refractivity contribution < 1.29 is 34.8 Å². The van der Waals surface area contributed by atoms with Gasteiger partial charge in [0.1, 0.15) is 11.6 Å². The van der Waals surface area contributed by atoms with Crippen LogP contribution in [0.5, 0.6) is 11.5 Å². The molecule has 54 heavy (non-hydrogen) atoms. The van der Waals surface area contributed by atoms with Gasteiger partial charge in [-0.15, -0.1) is 0 Å². The van der Waals surface area contributed by atoms with Gasteiger partial charge in [0, 0.05) is 23.3 Å². The summed E-state index contributed by atoms with van der Waals surface area (Å²) in [6.07, 6.45) is 3.29. The molecule has 4 saturated carbocycles. The lowest BCUT2D eigenvalue weighted by Gasteiger charge is -2.35. The molecule has 4 aromatic rings. The number of rotatable bonds is 8. The van der Waals surface area contributed by atoms with Crippen molar-refractivity contribution in [2.24, 2.45) is 33.5 Å². The number of fused-ring (bicyclic) bond motifs is 8.